The largest absolute Gasteiger partial charge is 0.508 e. The van der Waals surface area contributed by atoms with Crippen molar-refractivity contribution in [3.8, 4) is 11.5 Å². The number of carbonyl (C=O) groups is 2. The SMILES string of the molecule is CCCCCOc1ccc(/C(O)=C2\C(=O)C(=O)N(c3cccc(C(F)(F)F)c3)C2c2ccc(O)cc2)cc1. The van der Waals surface area contributed by atoms with E-state index in [4.69, 9.17) is 4.74 Å². The van der Waals surface area contributed by atoms with Gasteiger partial charge in [0.15, 0.2) is 0 Å². The first-order valence-corrected chi connectivity index (χ1v) is 12.1. The van der Waals surface area contributed by atoms with Gasteiger partial charge in [0.05, 0.1) is 23.8 Å². The second-order valence-corrected chi connectivity index (χ2v) is 8.89. The molecule has 3 aromatic rings. The highest BCUT2D eigenvalue weighted by molar-refractivity contribution is 6.51. The number of anilines is 1. The van der Waals surface area contributed by atoms with E-state index in [-0.39, 0.29) is 22.6 Å². The average Bonchev–Trinajstić information content (AvgIpc) is 3.17. The van der Waals surface area contributed by atoms with E-state index in [2.05, 4.69) is 6.92 Å². The number of ether oxygens (including phenoxy) is 1. The minimum Gasteiger partial charge on any atom is -0.508 e. The number of ketones is 1. The number of Topliss-reactive ketones (excluding diaryl/α,β-unsaturated/α-hetero) is 1. The summed E-state index contributed by atoms with van der Waals surface area (Å²) in [6.07, 6.45) is -1.69. The molecule has 38 heavy (non-hydrogen) atoms. The minimum absolute atomic E-state index is 0.0840. The van der Waals surface area contributed by atoms with Crippen molar-refractivity contribution in [3.63, 3.8) is 0 Å². The van der Waals surface area contributed by atoms with Gasteiger partial charge in [-0.15, -0.1) is 0 Å². The molecule has 1 unspecified atom stereocenters. The molecule has 0 aromatic heterocycles. The molecule has 1 saturated heterocycles. The first kappa shape index (κ1) is 26.8. The van der Waals surface area contributed by atoms with Crippen LogP contribution < -0.4 is 9.64 Å². The zero-order valence-corrected chi connectivity index (χ0v) is 20.5. The normalized spacial score (nSPS) is 17.2. The smallest absolute Gasteiger partial charge is 0.416 e. The van der Waals surface area contributed by atoms with Crippen molar-refractivity contribution >= 4 is 23.1 Å². The van der Waals surface area contributed by atoms with E-state index in [0.717, 1.165) is 42.4 Å². The zero-order valence-electron chi connectivity index (χ0n) is 20.5. The molecule has 1 aliphatic rings. The van der Waals surface area contributed by atoms with E-state index >= 15 is 0 Å². The number of aliphatic hydroxyl groups excluding tert-OH is 1. The highest BCUT2D eigenvalue weighted by Gasteiger charge is 2.47. The van der Waals surface area contributed by atoms with Gasteiger partial charge in [-0.05, 0) is 66.6 Å². The van der Waals surface area contributed by atoms with Crippen LogP contribution in [0.3, 0.4) is 0 Å². The summed E-state index contributed by atoms with van der Waals surface area (Å²) in [5, 5.41) is 20.9. The Labute approximate surface area is 217 Å². The molecule has 0 aliphatic carbocycles. The van der Waals surface area contributed by atoms with Crippen molar-refractivity contribution in [3.05, 3.63) is 95.1 Å². The van der Waals surface area contributed by atoms with Crippen LogP contribution in [-0.2, 0) is 15.8 Å². The molecule has 0 spiro atoms. The number of alkyl halides is 3. The molecule has 9 heteroatoms. The minimum atomic E-state index is -4.67. The Hall–Kier alpha value is -4.27. The summed E-state index contributed by atoms with van der Waals surface area (Å²) in [4.78, 5) is 27.3. The topological polar surface area (TPSA) is 87.1 Å². The highest BCUT2D eigenvalue weighted by Crippen LogP contribution is 2.43. The summed E-state index contributed by atoms with van der Waals surface area (Å²) >= 11 is 0. The van der Waals surface area contributed by atoms with Gasteiger partial charge < -0.3 is 14.9 Å². The van der Waals surface area contributed by atoms with Crippen LogP contribution in [0.5, 0.6) is 11.5 Å². The van der Waals surface area contributed by atoms with Gasteiger partial charge in [0.2, 0.25) is 0 Å². The van der Waals surface area contributed by atoms with Crippen molar-refractivity contribution in [2.45, 2.75) is 38.4 Å². The molecule has 0 saturated carbocycles. The average molecular weight is 526 g/mol. The Morgan fingerprint density at radius 1 is 0.974 bits per heavy atom. The van der Waals surface area contributed by atoms with Crippen molar-refractivity contribution in [1.82, 2.24) is 0 Å². The second-order valence-electron chi connectivity index (χ2n) is 8.89. The molecule has 4 rings (SSSR count). The molecule has 0 bridgehead atoms. The number of unbranched alkanes of at least 4 members (excludes halogenated alkanes) is 2. The van der Waals surface area contributed by atoms with Crippen LogP contribution in [0, 0.1) is 0 Å². The number of aromatic hydroxyl groups is 1. The van der Waals surface area contributed by atoms with Crippen molar-refractivity contribution in [2.75, 3.05) is 11.5 Å². The van der Waals surface area contributed by atoms with Crippen LogP contribution in [0.2, 0.25) is 0 Å². The number of nitrogens with zero attached hydrogens (tertiary/aromatic N) is 1. The fourth-order valence-corrected chi connectivity index (χ4v) is 4.31. The van der Waals surface area contributed by atoms with Gasteiger partial charge in [0, 0.05) is 11.3 Å². The molecule has 1 aliphatic heterocycles. The predicted molar refractivity (Wildman–Crippen MR) is 136 cm³/mol. The maximum Gasteiger partial charge on any atom is 0.416 e. The summed E-state index contributed by atoms with van der Waals surface area (Å²) in [6, 6.07) is 14.7. The molecule has 2 N–H and O–H groups in total. The lowest BCUT2D eigenvalue weighted by Crippen LogP contribution is -2.29. The Bertz CT molecular complexity index is 1350. The summed E-state index contributed by atoms with van der Waals surface area (Å²) in [6.45, 7) is 2.61. The van der Waals surface area contributed by atoms with E-state index in [9.17, 15) is 33.0 Å². The van der Waals surface area contributed by atoms with Crippen LogP contribution in [0.1, 0.15) is 48.9 Å². The van der Waals surface area contributed by atoms with Crippen molar-refractivity contribution in [1.29, 1.82) is 0 Å². The van der Waals surface area contributed by atoms with Gasteiger partial charge in [0.1, 0.15) is 17.3 Å². The highest BCUT2D eigenvalue weighted by atomic mass is 19.4. The Balaban J connectivity index is 1.78. The standard InChI is InChI=1S/C29H26F3NO5/c1-2-3-4-16-38-23-14-10-19(11-15-23)26(35)24-25(18-8-12-22(34)13-9-18)33(28(37)27(24)36)21-7-5-6-20(17-21)29(30,31)32/h5-15,17,25,34-35H,2-4,16H2,1H3/b26-24+. The predicted octanol–water partition coefficient (Wildman–Crippen LogP) is 6.61. The zero-order chi connectivity index (χ0) is 27.4. The maximum absolute atomic E-state index is 13.4. The molecule has 3 aromatic carbocycles. The lowest BCUT2D eigenvalue weighted by molar-refractivity contribution is -0.137. The van der Waals surface area contributed by atoms with E-state index in [1.165, 1.54) is 42.5 Å². The van der Waals surface area contributed by atoms with Gasteiger partial charge in [-0.2, -0.15) is 13.2 Å². The lowest BCUT2D eigenvalue weighted by atomic mass is 9.95. The van der Waals surface area contributed by atoms with E-state index < -0.39 is 35.2 Å². The monoisotopic (exact) mass is 525 g/mol. The summed E-state index contributed by atoms with van der Waals surface area (Å²) in [5.41, 5.74) is -0.881. The molecular weight excluding hydrogens is 499 g/mol. The maximum atomic E-state index is 13.4. The van der Waals surface area contributed by atoms with Gasteiger partial charge in [-0.25, -0.2) is 0 Å². The number of hydrogen-bond donors (Lipinski definition) is 2. The number of aliphatic hydroxyl groups is 1. The summed E-state index contributed by atoms with van der Waals surface area (Å²) in [5.74, 6) is -2.12. The number of rotatable bonds is 8. The molecule has 1 heterocycles. The fraction of sp³-hybridized carbons (Fsp3) is 0.241. The molecule has 1 amide bonds. The molecule has 1 fully saturated rings. The first-order valence-electron chi connectivity index (χ1n) is 12.1. The number of halogens is 3. The van der Waals surface area contributed by atoms with Gasteiger partial charge in [-0.3, -0.25) is 14.5 Å². The molecule has 6 nitrogen and oxygen atoms in total. The third-order valence-electron chi connectivity index (χ3n) is 6.25. The van der Waals surface area contributed by atoms with E-state index in [1.54, 1.807) is 12.1 Å². The van der Waals surface area contributed by atoms with Gasteiger partial charge >= 0.3 is 6.18 Å². The Morgan fingerprint density at radius 3 is 2.29 bits per heavy atom. The lowest BCUT2D eigenvalue weighted by Gasteiger charge is -2.26. The van der Waals surface area contributed by atoms with E-state index in [1.807, 2.05) is 0 Å². The van der Waals surface area contributed by atoms with Crippen LogP contribution in [0.4, 0.5) is 18.9 Å². The fourth-order valence-electron chi connectivity index (χ4n) is 4.31. The third kappa shape index (κ3) is 5.51. The van der Waals surface area contributed by atoms with Crippen LogP contribution in [0.25, 0.3) is 5.76 Å². The molecule has 198 valence electrons. The molecule has 1 atom stereocenters. The second kappa shape index (κ2) is 11.0. The van der Waals surface area contributed by atoms with E-state index in [0.29, 0.717) is 17.9 Å². The number of phenols is 1. The van der Waals surface area contributed by atoms with Gasteiger partial charge in [0.25, 0.3) is 11.7 Å². The van der Waals surface area contributed by atoms with Crippen LogP contribution in [-0.4, -0.2) is 28.5 Å². The quantitative estimate of drug-likeness (QED) is 0.150. The number of amides is 1. The molecular formula is C29H26F3NO5. The van der Waals surface area contributed by atoms with Crippen LogP contribution in [0.15, 0.2) is 78.4 Å². The van der Waals surface area contributed by atoms with Gasteiger partial charge in [-0.1, -0.05) is 38.0 Å². The Kier molecular flexibility index (Phi) is 7.75. The Morgan fingerprint density at radius 2 is 1.66 bits per heavy atom. The number of phenolic OH excluding ortho intramolecular Hbond substituents is 1. The summed E-state index contributed by atoms with van der Waals surface area (Å²) < 4.78 is 45.9. The van der Waals surface area contributed by atoms with Crippen molar-refractivity contribution < 1.29 is 37.7 Å². The first-order chi connectivity index (χ1) is 18.1. The third-order valence-corrected chi connectivity index (χ3v) is 6.25. The molecule has 0 radical (unpaired) electrons. The van der Waals surface area contributed by atoms with Crippen LogP contribution >= 0.6 is 0 Å². The summed E-state index contributed by atoms with van der Waals surface area (Å²) in [7, 11) is 0. The number of carbonyl (C=O) groups excluding carboxylic acids is 2. The number of benzene rings is 3. The van der Waals surface area contributed by atoms with Crippen molar-refractivity contribution in [2.24, 2.45) is 0 Å². The number of hydrogen-bond acceptors (Lipinski definition) is 5.